The molecule has 1 aliphatic carbocycles. The zero-order valence-corrected chi connectivity index (χ0v) is 21.8. The number of halogens is 2. The number of aliphatic hydroxyl groups excluding tert-OH is 2. The molecule has 192 valence electrons. The molecule has 0 radical (unpaired) electrons. The molecule has 0 aliphatic heterocycles. The Kier molecular flexibility index (Phi) is 7.98. The average Bonchev–Trinajstić information content (AvgIpc) is 3.36. The van der Waals surface area contributed by atoms with Crippen LogP contribution in [-0.2, 0) is 21.1 Å². The van der Waals surface area contributed by atoms with Gasteiger partial charge < -0.3 is 15.5 Å². The number of anilines is 1. The summed E-state index contributed by atoms with van der Waals surface area (Å²) in [5.41, 5.74) is 0.236. The molecule has 0 saturated heterocycles. The number of nitrogens with two attached hydrogens (primary N) is 1. The fourth-order valence-corrected chi connectivity index (χ4v) is 6.28. The molecule has 1 fully saturated rings. The molecule has 1 aliphatic rings. The lowest BCUT2D eigenvalue weighted by Crippen LogP contribution is -2.50. The van der Waals surface area contributed by atoms with Crippen LogP contribution >= 0.6 is 34.5 Å². The van der Waals surface area contributed by atoms with E-state index in [1.165, 1.54) is 12.5 Å². The summed E-state index contributed by atoms with van der Waals surface area (Å²) < 4.78 is 27.9. The molecule has 14 heteroatoms. The predicted octanol–water partition coefficient (Wildman–Crippen LogP) is 3.15. The summed E-state index contributed by atoms with van der Waals surface area (Å²) in [7, 11) is -4.28. The van der Waals surface area contributed by atoms with Crippen molar-refractivity contribution >= 4 is 56.4 Å². The second-order valence-corrected chi connectivity index (χ2v) is 11.6. The van der Waals surface area contributed by atoms with Crippen LogP contribution in [0.25, 0.3) is 11.1 Å². The van der Waals surface area contributed by atoms with Crippen LogP contribution in [0.1, 0.15) is 40.1 Å². The fraction of sp³-hybridized carbons (Fsp3) is 0.318. The van der Waals surface area contributed by atoms with E-state index in [4.69, 9.17) is 32.5 Å². The zero-order chi connectivity index (χ0) is 26.1. The number of thiophene rings is 1. The van der Waals surface area contributed by atoms with Crippen LogP contribution in [0.2, 0.25) is 9.36 Å². The van der Waals surface area contributed by atoms with Gasteiger partial charge in [-0.25, -0.2) is 15.1 Å². The molecule has 0 spiro atoms. The molecular formula is C22H22Cl2N4O6S2. The third kappa shape index (κ3) is 5.55. The van der Waals surface area contributed by atoms with Gasteiger partial charge in [0.2, 0.25) is 5.78 Å². The Morgan fingerprint density at radius 2 is 2.14 bits per heavy atom. The van der Waals surface area contributed by atoms with E-state index < -0.39 is 40.9 Å². The lowest BCUT2D eigenvalue weighted by atomic mass is 9.95. The number of aliphatic hydroxyl groups is 2. The van der Waals surface area contributed by atoms with Crippen LogP contribution in [0.5, 0.6) is 0 Å². The molecule has 1 saturated carbocycles. The highest BCUT2D eigenvalue weighted by atomic mass is 35.5. The molecule has 1 aromatic carbocycles. The second-order valence-electron chi connectivity index (χ2n) is 8.29. The lowest BCUT2D eigenvalue weighted by Gasteiger charge is -2.34. The van der Waals surface area contributed by atoms with E-state index in [9.17, 15) is 23.4 Å². The molecule has 2 unspecified atom stereocenters. The molecule has 10 nitrogen and oxygen atoms in total. The van der Waals surface area contributed by atoms with E-state index in [0.29, 0.717) is 45.3 Å². The van der Waals surface area contributed by atoms with E-state index >= 15 is 0 Å². The number of nitrogens with zero attached hydrogens (tertiary/aromatic N) is 2. The van der Waals surface area contributed by atoms with Gasteiger partial charge in [0, 0.05) is 22.3 Å². The largest absolute Gasteiger partial charge is 0.392 e. The van der Waals surface area contributed by atoms with Crippen molar-refractivity contribution in [3.05, 3.63) is 62.2 Å². The minimum Gasteiger partial charge on any atom is -0.392 e. The van der Waals surface area contributed by atoms with Gasteiger partial charge in [0.25, 0.3) is 0 Å². The second kappa shape index (κ2) is 10.7. The van der Waals surface area contributed by atoms with Crippen LogP contribution in [0.3, 0.4) is 0 Å². The topological polar surface area (TPSA) is 165 Å². The molecule has 4 rings (SSSR count). The average molecular weight is 573 g/mol. The number of nitrogens with one attached hydrogen (secondary N) is 1. The Bertz CT molecular complexity index is 1400. The van der Waals surface area contributed by atoms with Gasteiger partial charge in [0.15, 0.2) is 0 Å². The predicted molar refractivity (Wildman–Crippen MR) is 136 cm³/mol. The molecule has 0 amide bonds. The fourth-order valence-electron chi connectivity index (χ4n) is 4.25. The Hall–Kier alpha value is -2.16. The SMILES string of the molecule is NS(=O)(=O)OCC1(Nc2ncncc2C(=O)c2sc(Cl)c(-c3cccc(Cl)c3)c2CO)CCCC1O. The summed E-state index contributed by atoms with van der Waals surface area (Å²) in [4.78, 5) is 22.0. The van der Waals surface area contributed by atoms with Crippen LogP contribution < -0.4 is 10.5 Å². The monoisotopic (exact) mass is 572 g/mol. The van der Waals surface area contributed by atoms with E-state index in [2.05, 4.69) is 15.3 Å². The quantitative estimate of drug-likeness (QED) is 0.282. The number of aromatic nitrogens is 2. The summed E-state index contributed by atoms with van der Waals surface area (Å²) in [5, 5.41) is 29.3. The Morgan fingerprint density at radius 1 is 1.36 bits per heavy atom. The van der Waals surface area contributed by atoms with Crippen molar-refractivity contribution in [3.8, 4) is 11.1 Å². The minimum atomic E-state index is -4.28. The first kappa shape index (κ1) is 26.9. The molecular weight excluding hydrogens is 551 g/mol. The standard InChI is InChI=1S/C22H22Cl2N4O6S2/c23-13-4-1-3-12(7-13)17-15(9-29)19(35-20(17)24)18(31)14-8-26-11-27-21(14)28-22(6-2-5-16(22)30)10-34-36(25,32)33/h1,3-4,7-8,11,16,29-30H,2,5-6,9-10H2,(H2,25,32,33)(H,26,27,28). The Labute approximate surface area is 221 Å². The number of ketones is 1. The van der Waals surface area contributed by atoms with E-state index in [0.717, 1.165) is 11.3 Å². The van der Waals surface area contributed by atoms with Gasteiger partial charge in [-0.2, -0.15) is 8.42 Å². The Morgan fingerprint density at radius 3 is 2.78 bits per heavy atom. The molecule has 3 aromatic rings. The van der Waals surface area contributed by atoms with E-state index in [1.54, 1.807) is 24.3 Å². The normalized spacial score (nSPS) is 20.0. The van der Waals surface area contributed by atoms with E-state index in [-0.39, 0.29) is 16.3 Å². The van der Waals surface area contributed by atoms with Crippen LogP contribution in [0.15, 0.2) is 36.8 Å². The van der Waals surface area contributed by atoms with Crippen molar-refractivity contribution in [2.24, 2.45) is 5.14 Å². The maximum atomic E-state index is 13.7. The Balaban J connectivity index is 1.73. The zero-order valence-electron chi connectivity index (χ0n) is 18.6. The number of carbonyl (C=O) groups excluding carboxylic acids is 1. The molecule has 0 bridgehead atoms. The maximum Gasteiger partial charge on any atom is 0.333 e. The number of benzene rings is 1. The number of hydrogen-bond acceptors (Lipinski definition) is 10. The highest BCUT2D eigenvalue weighted by molar-refractivity contribution is 7.84. The van der Waals surface area contributed by atoms with Crippen LogP contribution in [0.4, 0.5) is 5.82 Å². The van der Waals surface area contributed by atoms with Gasteiger partial charge in [0.05, 0.1) is 35.3 Å². The molecule has 36 heavy (non-hydrogen) atoms. The van der Waals surface area contributed by atoms with Crippen LogP contribution in [-0.4, -0.2) is 52.6 Å². The molecule has 2 heterocycles. The first-order valence-electron chi connectivity index (χ1n) is 10.7. The highest BCUT2D eigenvalue weighted by Crippen LogP contribution is 2.42. The van der Waals surface area contributed by atoms with Gasteiger partial charge in [-0.1, -0.05) is 35.3 Å². The van der Waals surface area contributed by atoms with E-state index in [1.807, 2.05) is 0 Å². The van der Waals surface area contributed by atoms with Gasteiger partial charge in [-0.15, -0.1) is 11.3 Å². The van der Waals surface area contributed by atoms with Gasteiger partial charge >= 0.3 is 10.3 Å². The van der Waals surface area contributed by atoms with Gasteiger partial charge in [-0.3, -0.25) is 8.98 Å². The third-order valence-electron chi connectivity index (χ3n) is 5.99. The summed E-state index contributed by atoms with van der Waals surface area (Å²) in [6.45, 7) is -0.927. The molecule has 2 atom stereocenters. The van der Waals surface area contributed by atoms with Gasteiger partial charge in [0.1, 0.15) is 16.5 Å². The first-order valence-corrected chi connectivity index (χ1v) is 13.7. The number of hydrogen-bond donors (Lipinski definition) is 4. The van der Waals surface area contributed by atoms with Crippen LogP contribution in [0, 0.1) is 0 Å². The minimum absolute atomic E-state index is 0.0387. The van der Waals surface area contributed by atoms with Crippen molar-refractivity contribution in [3.63, 3.8) is 0 Å². The number of carbonyl (C=O) groups is 1. The van der Waals surface area contributed by atoms with Gasteiger partial charge in [-0.05, 0) is 37.0 Å². The number of rotatable bonds is 9. The van der Waals surface area contributed by atoms with Crippen molar-refractivity contribution in [1.29, 1.82) is 0 Å². The maximum absolute atomic E-state index is 13.7. The summed E-state index contributed by atoms with van der Waals surface area (Å²) in [6.07, 6.45) is 2.81. The van der Waals surface area contributed by atoms with Crippen molar-refractivity contribution < 1.29 is 27.6 Å². The summed E-state index contributed by atoms with van der Waals surface area (Å²) >= 11 is 13.6. The molecule has 2 aromatic heterocycles. The third-order valence-corrected chi connectivity index (χ3v) is 8.11. The summed E-state index contributed by atoms with van der Waals surface area (Å²) in [6, 6.07) is 6.88. The first-order chi connectivity index (χ1) is 17.0. The smallest absolute Gasteiger partial charge is 0.333 e. The van der Waals surface area contributed by atoms with Crippen molar-refractivity contribution in [1.82, 2.24) is 9.97 Å². The summed E-state index contributed by atoms with van der Waals surface area (Å²) in [5.74, 6) is -0.455. The van der Waals surface area contributed by atoms with Crippen molar-refractivity contribution in [2.45, 2.75) is 37.5 Å². The molecule has 5 N–H and O–H groups in total. The highest BCUT2D eigenvalue weighted by Gasteiger charge is 2.44. The lowest BCUT2D eigenvalue weighted by molar-refractivity contribution is 0.0882. The van der Waals surface area contributed by atoms with Crippen molar-refractivity contribution in [2.75, 3.05) is 11.9 Å².